The van der Waals surface area contributed by atoms with Gasteiger partial charge in [0.2, 0.25) is 0 Å². The Labute approximate surface area is 97.7 Å². The van der Waals surface area contributed by atoms with Gasteiger partial charge in [-0.15, -0.1) is 0 Å². The average Bonchev–Trinajstić information content (AvgIpc) is 2.30. The number of pyridine rings is 1. The Hall–Kier alpha value is -1.74. The SMILES string of the molecule is O=c1[nH]cccc1OCc1ccc(Cl)cc1. The van der Waals surface area contributed by atoms with Crippen molar-refractivity contribution in [2.24, 2.45) is 0 Å². The maximum atomic E-state index is 11.3. The maximum Gasteiger partial charge on any atom is 0.290 e. The molecule has 0 unspecified atom stereocenters. The summed E-state index contributed by atoms with van der Waals surface area (Å²) < 4.78 is 5.38. The van der Waals surface area contributed by atoms with Crippen molar-refractivity contribution >= 4 is 11.6 Å². The van der Waals surface area contributed by atoms with Crippen molar-refractivity contribution in [1.82, 2.24) is 4.98 Å². The quantitative estimate of drug-likeness (QED) is 0.889. The summed E-state index contributed by atoms with van der Waals surface area (Å²) in [5.41, 5.74) is 0.740. The van der Waals surface area contributed by atoms with Crippen molar-refractivity contribution in [3.63, 3.8) is 0 Å². The largest absolute Gasteiger partial charge is 0.483 e. The molecular formula is C12H10ClNO2. The fourth-order valence-electron chi connectivity index (χ4n) is 1.26. The van der Waals surface area contributed by atoms with Crippen molar-refractivity contribution in [3.8, 4) is 5.75 Å². The molecule has 16 heavy (non-hydrogen) atoms. The van der Waals surface area contributed by atoms with Gasteiger partial charge in [-0.05, 0) is 29.8 Å². The van der Waals surface area contributed by atoms with Crippen molar-refractivity contribution in [2.45, 2.75) is 6.61 Å². The molecule has 1 aromatic heterocycles. The molecule has 3 nitrogen and oxygen atoms in total. The summed E-state index contributed by atoms with van der Waals surface area (Å²) in [5, 5.41) is 0.682. The fraction of sp³-hybridized carbons (Fsp3) is 0.0833. The lowest BCUT2D eigenvalue weighted by atomic mass is 10.2. The van der Waals surface area contributed by atoms with Crippen molar-refractivity contribution in [3.05, 3.63) is 63.5 Å². The second-order valence-corrected chi connectivity index (χ2v) is 3.72. The van der Waals surface area contributed by atoms with Crippen LogP contribution in [0.3, 0.4) is 0 Å². The van der Waals surface area contributed by atoms with E-state index in [1.807, 2.05) is 12.1 Å². The van der Waals surface area contributed by atoms with Gasteiger partial charge in [-0.2, -0.15) is 0 Å². The normalized spacial score (nSPS) is 10.1. The van der Waals surface area contributed by atoms with Gasteiger partial charge >= 0.3 is 0 Å². The zero-order chi connectivity index (χ0) is 11.4. The molecule has 0 aliphatic carbocycles. The predicted octanol–water partition coefficient (Wildman–Crippen LogP) is 2.61. The minimum Gasteiger partial charge on any atom is -0.483 e. The first-order chi connectivity index (χ1) is 7.75. The van der Waals surface area contributed by atoms with Gasteiger partial charge < -0.3 is 9.72 Å². The Bertz CT molecular complexity index is 519. The molecule has 0 fully saturated rings. The number of aromatic amines is 1. The molecule has 0 bridgehead atoms. The fourth-order valence-corrected chi connectivity index (χ4v) is 1.39. The van der Waals surface area contributed by atoms with Crippen LogP contribution in [-0.2, 0) is 6.61 Å². The van der Waals surface area contributed by atoms with Crippen LogP contribution in [0, 0.1) is 0 Å². The van der Waals surface area contributed by atoms with Gasteiger partial charge in [0, 0.05) is 11.2 Å². The number of hydrogen-bond donors (Lipinski definition) is 1. The summed E-state index contributed by atoms with van der Waals surface area (Å²) in [4.78, 5) is 13.8. The smallest absolute Gasteiger partial charge is 0.290 e. The van der Waals surface area contributed by atoms with E-state index in [0.717, 1.165) is 5.56 Å². The first-order valence-corrected chi connectivity index (χ1v) is 5.18. The molecule has 0 aliphatic heterocycles. The standard InChI is InChI=1S/C12H10ClNO2/c13-10-5-3-9(4-6-10)8-16-11-2-1-7-14-12(11)15/h1-7H,8H2,(H,14,15). The number of ether oxygens (including phenoxy) is 1. The number of aromatic nitrogens is 1. The molecule has 0 spiro atoms. The first-order valence-electron chi connectivity index (χ1n) is 4.80. The topological polar surface area (TPSA) is 42.1 Å². The van der Waals surface area contributed by atoms with E-state index in [9.17, 15) is 4.79 Å². The van der Waals surface area contributed by atoms with Crippen molar-refractivity contribution < 1.29 is 4.74 Å². The number of halogens is 1. The Balaban J connectivity index is 2.05. The monoisotopic (exact) mass is 235 g/mol. The summed E-state index contributed by atoms with van der Waals surface area (Å²) in [6, 6.07) is 10.7. The Kier molecular flexibility index (Phi) is 3.27. The van der Waals surface area contributed by atoms with E-state index >= 15 is 0 Å². The summed E-state index contributed by atoms with van der Waals surface area (Å²) >= 11 is 5.76. The molecule has 2 rings (SSSR count). The summed E-state index contributed by atoms with van der Waals surface area (Å²) in [7, 11) is 0. The predicted molar refractivity (Wildman–Crippen MR) is 62.8 cm³/mol. The second kappa shape index (κ2) is 4.86. The molecule has 0 atom stereocenters. The zero-order valence-electron chi connectivity index (χ0n) is 8.44. The molecule has 0 radical (unpaired) electrons. The van der Waals surface area contributed by atoms with Crippen LogP contribution in [0.5, 0.6) is 5.75 Å². The zero-order valence-corrected chi connectivity index (χ0v) is 9.20. The van der Waals surface area contributed by atoms with E-state index in [0.29, 0.717) is 17.4 Å². The van der Waals surface area contributed by atoms with Gasteiger partial charge in [0.25, 0.3) is 5.56 Å². The molecule has 4 heteroatoms. The van der Waals surface area contributed by atoms with Gasteiger partial charge in [0.05, 0.1) is 0 Å². The number of rotatable bonds is 3. The molecule has 0 saturated carbocycles. The van der Waals surface area contributed by atoms with Crippen LogP contribution in [0.15, 0.2) is 47.4 Å². The van der Waals surface area contributed by atoms with E-state index in [1.165, 1.54) is 0 Å². The highest BCUT2D eigenvalue weighted by molar-refractivity contribution is 6.30. The van der Waals surface area contributed by atoms with Gasteiger partial charge in [-0.25, -0.2) is 0 Å². The molecule has 1 N–H and O–H groups in total. The van der Waals surface area contributed by atoms with Gasteiger partial charge in [0.1, 0.15) is 6.61 Å². The van der Waals surface area contributed by atoms with E-state index in [-0.39, 0.29) is 5.56 Å². The molecule has 0 amide bonds. The molecule has 2 aromatic rings. The minimum absolute atomic E-state index is 0.225. The van der Waals surface area contributed by atoms with E-state index < -0.39 is 0 Å². The Morgan fingerprint density at radius 3 is 2.62 bits per heavy atom. The maximum absolute atomic E-state index is 11.3. The molecule has 82 valence electrons. The van der Waals surface area contributed by atoms with E-state index in [4.69, 9.17) is 16.3 Å². The Morgan fingerprint density at radius 2 is 1.94 bits per heavy atom. The van der Waals surface area contributed by atoms with E-state index in [1.54, 1.807) is 30.5 Å². The summed E-state index contributed by atoms with van der Waals surface area (Å²) in [6.07, 6.45) is 1.57. The third-order valence-electron chi connectivity index (χ3n) is 2.09. The highest BCUT2D eigenvalue weighted by atomic mass is 35.5. The van der Waals surface area contributed by atoms with Crippen LogP contribution < -0.4 is 10.3 Å². The van der Waals surface area contributed by atoms with Crippen LogP contribution in [0.2, 0.25) is 5.02 Å². The molecule has 1 aromatic carbocycles. The number of benzene rings is 1. The first kappa shape index (κ1) is 10.8. The second-order valence-electron chi connectivity index (χ2n) is 3.28. The Morgan fingerprint density at radius 1 is 1.19 bits per heavy atom. The summed E-state index contributed by atoms with van der Waals surface area (Å²) in [5.74, 6) is 0.317. The number of H-pyrrole nitrogens is 1. The lowest BCUT2D eigenvalue weighted by Crippen LogP contribution is -2.09. The highest BCUT2D eigenvalue weighted by Crippen LogP contribution is 2.11. The molecule has 0 aliphatic rings. The van der Waals surface area contributed by atoms with Gasteiger partial charge in [-0.3, -0.25) is 4.79 Å². The highest BCUT2D eigenvalue weighted by Gasteiger charge is 1.99. The minimum atomic E-state index is -0.225. The average molecular weight is 236 g/mol. The van der Waals surface area contributed by atoms with E-state index in [2.05, 4.69) is 4.98 Å². The molecular weight excluding hydrogens is 226 g/mol. The van der Waals surface area contributed by atoms with Crippen LogP contribution in [0.1, 0.15) is 5.56 Å². The van der Waals surface area contributed by atoms with Crippen LogP contribution in [-0.4, -0.2) is 4.98 Å². The molecule has 1 heterocycles. The number of nitrogens with one attached hydrogen (secondary N) is 1. The third kappa shape index (κ3) is 2.64. The van der Waals surface area contributed by atoms with Gasteiger partial charge in [0.15, 0.2) is 5.75 Å². The van der Waals surface area contributed by atoms with Crippen LogP contribution in [0.25, 0.3) is 0 Å². The van der Waals surface area contributed by atoms with Gasteiger partial charge in [-0.1, -0.05) is 23.7 Å². The van der Waals surface area contributed by atoms with Crippen molar-refractivity contribution in [1.29, 1.82) is 0 Å². The lowest BCUT2D eigenvalue weighted by Gasteiger charge is -2.04. The number of hydrogen-bond acceptors (Lipinski definition) is 2. The van der Waals surface area contributed by atoms with Crippen molar-refractivity contribution in [2.75, 3.05) is 0 Å². The summed E-state index contributed by atoms with van der Waals surface area (Å²) in [6.45, 7) is 0.351. The third-order valence-corrected chi connectivity index (χ3v) is 2.34. The molecule has 0 saturated heterocycles. The van der Waals surface area contributed by atoms with Crippen LogP contribution >= 0.6 is 11.6 Å². The van der Waals surface area contributed by atoms with Crippen LogP contribution in [0.4, 0.5) is 0 Å². The lowest BCUT2D eigenvalue weighted by molar-refractivity contribution is 0.301.